The van der Waals surface area contributed by atoms with Crippen molar-refractivity contribution in [1.29, 1.82) is 0 Å². The molecule has 6 heteroatoms. The van der Waals surface area contributed by atoms with Gasteiger partial charge in [-0.25, -0.2) is 4.98 Å². The van der Waals surface area contributed by atoms with Gasteiger partial charge in [0.2, 0.25) is 0 Å². The summed E-state index contributed by atoms with van der Waals surface area (Å²) in [6.07, 6.45) is 3.55. The first-order valence-corrected chi connectivity index (χ1v) is 8.83. The van der Waals surface area contributed by atoms with Gasteiger partial charge < -0.3 is 20.7 Å². The van der Waals surface area contributed by atoms with Crippen LogP contribution in [0.15, 0.2) is 30.3 Å². The highest BCUT2D eigenvalue weighted by atomic mass is 16.3. The SMILES string of the molecule is Cc1[nH]c(N)nc1C(=O)N1[C@@H]2CC[C@H]1[C@](CO)(Cc1ccccc1)C2. The summed E-state index contributed by atoms with van der Waals surface area (Å²) in [6, 6.07) is 10.4. The molecule has 2 aromatic rings. The Labute approximate surface area is 147 Å². The number of carbonyl (C=O) groups excluding carboxylic acids is 1. The molecule has 132 valence electrons. The quantitative estimate of drug-likeness (QED) is 0.792. The first-order chi connectivity index (χ1) is 12.0. The zero-order valence-electron chi connectivity index (χ0n) is 14.4. The van der Waals surface area contributed by atoms with E-state index in [2.05, 4.69) is 22.1 Å². The van der Waals surface area contributed by atoms with Crippen LogP contribution in [0.3, 0.4) is 0 Å². The zero-order chi connectivity index (χ0) is 17.6. The number of benzene rings is 1. The van der Waals surface area contributed by atoms with Crippen molar-refractivity contribution in [2.45, 2.75) is 44.7 Å². The van der Waals surface area contributed by atoms with Gasteiger partial charge >= 0.3 is 0 Å². The topological polar surface area (TPSA) is 95.2 Å². The number of rotatable bonds is 4. The second kappa shape index (κ2) is 5.88. The van der Waals surface area contributed by atoms with Crippen LogP contribution < -0.4 is 5.73 Å². The molecule has 0 spiro atoms. The van der Waals surface area contributed by atoms with Crippen molar-refractivity contribution in [2.75, 3.05) is 12.3 Å². The molecule has 1 amide bonds. The smallest absolute Gasteiger partial charge is 0.274 e. The Morgan fingerprint density at radius 1 is 1.40 bits per heavy atom. The van der Waals surface area contributed by atoms with Crippen molar-refractivity contribution in [3.05, 3.63) is 47.3 Å². The van der Waals surface area contributed by atoms with Gasteiger partial charge in [0.05, 0.1) is 6.61 Å². The molecule has 2 bridgehead atoms. The average Bonchev–Trinajstić information content (AvgIpc) is 3.26. The lowest BCUT2D eigenvalue weighted by molar-refractivity contribution is 0.0566. The summed E-state index contributed by atoms with van der Waals surface area (Å²) < 4.78 is 0. The van der Waals surface area contributed by atoms with Crippen LogP contribution in [0.4, 0.5) is 5.95 Å². The molecule has 0 radical (unpaired) electrons. The van der Waals surface area contributed by atoms with Crippen molar-refractivity contribution in [1.82, 2.24) is 14.9 Å². The number of nitrogens with zero attached hydrogens (tertiary/aromatic N) is 2. The van der Waals surface area contributed by atoms with Gasteiger partial charge in [0, 0.05) is 23.2 Å². The summed E-state index contributed by atoms with van der Waals surface area (Å²) >= 11 is 0. The maximum absolute atomic E-state index is 13.1. The maximum atomic E-state index is 13.1. The standard InChI is InChI=1S/C19H24N4O2/c1-12-16(22-18(20)21-12)17(25)23-14-7-8-15(23)19(10-14,11-24)9-13-5-3-2-4-6-13/h2-6,14-15,24H,7-11H2,1H3,(H3,20,21,22)/t14-,15+,19-/m1/s1. The van der Waals surface area contributed by atoms with Gasteiger partial charge in [0.25, 0.3) is 5.91 Å². The first-order valence-electron chi connectivity index (χ1n) is 8.83. The molecule has 4 N–H and O–H groups in total. The van der Waals surface area contributed by atoms with E-state index in [1.165, 1.54) is 5.56 Å². The Morgan fingerprint density at radius 2 is 2.16 bits per heavy atom. The Morgan fingerprint density at radius 3 is 2.80 bits per heavy atom. The fourth-order valence-electron chi connectivity index (χ4n) is 4.83. The van der Waals surface area contributed by atoms with Crippen LogP contribution in [0, 0.1) is 12.3 Å². The average molecular weight is 340 g/mol. The minimum atomic E-state index is -0.268. The number of anilines is 1. The minimum Gasteiger partial charge on any atom is -0.396 e. The van der Waals surface area contributed by atoms with Gasteiger partial charge in [0.1, 0.15) is 0 Å². The summed E-state index contributed by atoms with van der Waals surface area (Å²) in [5.41, 5.74) is 7.75. The van der Waals surface area contributed by atoms with E-state index in [1.54, 1.807) is 0 Å². The van der Waals surface area contributed by atoms with Crippen molar-refractivity contribution in [3.8, 4) is 0 Å². The van der Waals surface area contributed by atoms with Crippen molar-refractivity contribution >= 4 is 11.9 Å². The summed E-state index contributed by atoms with van der Waals surface area (Å²) in [5, 5.41) is 10.2. The number of carbonyl (C=O) groups is 1. The Hall–Kier alpha value is -2.34. The molecule has 1 aromatic carbocycles. The Bertz CT molecular complexity index is 788. The third-order valence-corrected chi connectivity index (χ3v) is 5.91. The van der Waals surface area contributed by atoms with Gasteiger partial charge in [-0.15, -0.1) is 0 Å². The molecule has 2 aliphatic rings. The van der Waals surface area contributed by atoms with Crippen molar-refractivity contribution in [2.24, 2.45) is 5.41 Å². The molecule has 0 saturated carbocycles. The molecule has 2 aliphatic heterocycles. The second-order valence-electron chi connectivity index (χ2n) is 7.44. The number of hydrogen-bond donors (Lipinski definition) is 3. The van der Waals surface area contributed by atoms with Crippen LogP contribution in [-0.2, 0) is 6.42 Å². The number of fused-ring (bicyclic) bond motifs is 2. The predicted molar refractivity (Wildman–Crippen MR) is 95.0 cm³/mol. The normalized spacial score (nSPS) is 27.8. The van der Waals surface area contributed by atoms with Gasteiger partial charge in [-0.2, -0.15) is 0 Å². The fraction of sp³-hybridized carbons (Fsp3) is 0.474. The third kappa shape index (κ3) is 2.52. The molecule has 6 nitrogen and oxygen atoms in total. The van der Waals surface area contributed by atoms with E-state index in [-0.39, 0.29) is 36.0 Å². The van der Waals surface area contributed by atoms with Crippen LogP contribution in [-0.4, -0.2) is 44.6 Å². The van der Waals surface area contributed by atoms with Gasteiger partial charge in [-0.05, 0) is 38.2 Å². The summed E-state index contributed by atoms with van der Waals surface area (Å²) in [4.78, 5) is 22.1. The minimum absolute atomic E-state index is 0.0486. The highest BCUT2D eigenvalue weighted by Gasteiger charge is 2.57. The van der Waals surface area contributed by atoms with Crippen LogP contribution in [0.2, 0.25) is 0 Å². The molecule has 2 saturated heterocycles. The number of H-pyrrole nitrogens is 1. The van der Waals surface area contributed by atoms with Crippen LogP contribution >= 0.6 is 0 Å². The van der Waals surface area contributed by atoms with E-state index < -0.39 is 0 Å². The largest absolute Gasteiger partial charge is 0.396 e. The molecule has 0 unspecified atom stereocenters. The number of amides is 1. The lowest BCUT2D eigenvalue weighted by Crippen LogP contribution is -2.44. The van der Waals surface area contributed by atoms with Gasteiger partial charge in [-0.1, -0.05) is 30.3 Å². The maximum Gasteiger partial charge on any atom is 0.274 e. The monoisotopic (exact) mass is 340 g/mol. The molecular formula is C19H24N4O2. The third-order valence-electron chi connectivity index (χ3n) is 5.91. The molecule has 1 aromatic heterocycles. The summed E-state index contributed by atoms with van der Waals surface area (Å²) in [6.45, 7) is 1.91. The first kappa shape index (κ1) is 16.1. The Balaban J connectivity index is 1.64. The molecule has 25 heavy (non-hydrogen) atoms. The fourth-order valence-corrected chi connectivity index (χ4v) is 4.83. The van der Waals surface area contributed by atoms with E-state index >= 15 is 0 Å². The van der Waals surface area contributed by atoms with Crippen LogP contribution in [0.1, 0.15) is 41.0 Å². The van der Waals surface area contributed by atoms with Crippen LogP contribution in [0.5, 0.6) is 0 Å². The number of nitrogens with two attached hydrogens (primary N) is 1. The molecule has 3 atom stereocenters. The summed E-state index contributed by atoms with van der Waals surface area (Å²) in [5.74, 6) is 0.200. The number of aromatic amines is 1. The number of aryl methyl sites for hydroxylation is 1. The number of nitrogens with one attached hydrogen (secondary N) is 1. The lowest BCUT2D eigenvalue weighted by atomic mass is 9.70. The van der Waals surface area contributed by atoms with E-state index in [9.17, 15) is 9.90 Å². The number of aliphatic hydroxyl groups excluding tert-OH is 1. The number of aromatic nitrogens is 2. The number of hydrogen-bond acceptors (Lipinski definition) is 4. The number of imidazole rings is 1. The highest BCUT2D eigenvalue weighted by molar-refractivity contribution is 5.94. The van der Waals surface area contributed by atoms with E-state index in [0.717, 1.165) is 25.7 Å². The molecular weight excluding hydrogens is 316 g/mol. The van der Waals surface area contributed by atoms with E-state index in [1.807, 2.05) is 30.0 Å². The van der Waals surface area contributed by atoms with Gasteiger partial charge in [0.15, 0.2) is 11.6 Å². The summed E-state index contributed by atoms with van der Waals surface area (Å²) in [7, 11) is 0. The molecule has 0 aliphatic carbocycles. The van der Waals surface area contributed by atoms with Crippen LogP contribution in [0.25, 0.3) is 0 Å². The predicted octanol–water partition coefficient (Wildman–Crippen LogP) is 1.90. The van der Waals surface area contributed by atoms with Crippen molar-refractivity contribution in [3.63, 3.8) is 0 Å². The molecule has 4 rings (SSSR count). The Kier molecular flexibility index (Phi) is 3.80. The van der Waals surface area contributed by atoms with Gasteiger partial charge in [-0.3, -0.25) is 4.79 Å². The molecule has 3 heterocycles. The second-order valence-corrected chi connectivity index (χ2v) is 7.44. The van der Waals surface area contributed by atoms with E-state index in [0.29, 0.717) is 11.4 Å². The van der Waals surface area contributed by atoms with E-state index in [4.69, 9.17) is 5.73 Å². The number of aliphatic hydroxyl groups is 1. The number of nitrogen functional groups attached to an aromatic ring is 1. The lowest BCUT2D eigenvalue weighted by Gasteiger charge is -2.36. The molecule has 2 fully saturated rings. The van der Waals surface area contributed by atoms with Crippen molar-refractivity contribution < 1.29 is 9.90 Å². The zero-order valence-corrected chi connectivity index (χ0v) is 14.4. The highest BCUT2D eigenvalue weighted by Crippen LogP contribution is 2.51.